The van der Waals surface area contributed by atoms with Gasteiger partial charge in [-0.3, -0.25) is 0 Å². The van der Waals surface area contributed by atoms with Crippen molar-refractivity contribution in [2.45, 2.75) is 25.5 Å². The first-order valence-electron chi connectivity index (χ1n) is 7.33. The summed E-state index contributed by atoms with van der Waals surface area (Å²) in [5, 5.41) is 13.3. The largest absolute Gasteiger partial charge is 0.497 e. The Labute approximate surface area is 126 Å². The van der Waals surface area contributed by atoms with E-state index in [4.69, 9.17) is 4.74 Å². The van der Waals surface area contributed by atoms with Crippen molar-refractivity contribution in [3.63, 3.8) is 0 Å². The summed E-state index contributed by atoms with van der Waals surface area (Å²) in [7, 11) is 1.66. The van der Waals surface area contributed by atoms with E-state index >= 15 is 0 Å². The second-order valence-electron chi connectivity index (χ2n) is 5.16. The topological polar surface area (TPSA) is 41.5 Å². The lowest BCUT2D eigenvalue weighted by Gasteiger charge is -2.12. The van der Waals surface area contributed by atoms with E-state index in [2.05, 4.69) is 17.4 Å². The van der Waals surface area contributed by atoms with Gasteiger partial charge in [0.1, 0.15) is 5.75 Å². The fraction of sp³-hybridized carbons (Fsp3) is 0.333. The van der Waals surface area contributed by atoms with Gasteiger partial charge < -0.3 is 15.2 Å². The maximum Gasteiger partial charge on any atom is 0.118 e. The maximum atomic E-state index is 9.99. The molecule has 0 saturated carbocycles. The molecule has 0 spiro atoms. The van der Waals surface area contributed by atoms with Crippen molar-refractivity contribution in [3.8, 4) is 5.75 Å². The van der Waals surface area contributed by atoms with Gasteiger partial charge >= 0.3 is 0 Å². The van der Waals surface area contributed by atoms with Gasteiger partial charge in [-0.2, -0.15) is 0 Å². The molecule has 21 heavy (non-hydrogen) atoms. The van der Waals surface area contributed by atoms with Gasteiger partial charge in [-0.1, -0.05) is 42.5 Å². The van der Waals surface area contributed by atoms with Gasteiger partial charge in [-0.15, -0.1) is 0 Å². The van der Waals surface area contributed by atoms with Crippen molar-refractivity contribution in [2.24, 2.45) is 0 Å². The second kappa shape index (κ2) is 8.45. The van der Waals surface area contributed by atoms with Crippen LogP contribution >= 0.6 is 0 Å². The number of nitrogens with one attached hydrogen (secondary N) is 1. The molecule has 3 nitrogen and oxygen atoms in total. The molecule has 0 unspecified atom stereocenters. The van der Waals surface area contributed by atoms with Crippen LogP contribution in [0, 0.1) is 0 Å². The van der Waals surface area contributed by atoms with E-state index in [-0.39, 0.29) is 6.10 Å². The van der Waals surface area contributed by atoms with E-state index < -0.39 is 0 Å². The molecule has 0 fully saturated rings. The Hall–Kier alpha value is -1.84. The van der Waals surface area contributed by atoms with Crippen LogP contribution in [0.15, 0.2) is 54.6 Å². The van der Waals surface area contributed by atoms with Crippen LogP contribution in [0.2, 0.25) is 0 Å². The van der Waals surface area contributed by atoms with Gasteiger partial charge in [-0.25, -0.2) is 0 Å². The van der Waals surface area contributed by atoms with E-state index in [0.717, 1.165) is 25.1 Å². The Balaban J connectivity index is 1.65. The third-order valence-electron chi connectivity index (χ3n) is 3.48. The number of rotatable bonds is 8. The highest BCUT2D eigenvalue weighted by molar-refractivity contribution is 5.27. The van der Waals surface area contributed by atoms with Crippen molar-refractivity contribution in [2.75, 3.05) is 13.7 Å². The van der Waals surface area contributed by atoms with Gasteiger partial charge in [0.15, 0.2) is 0 Å². The summed E-state index contributed by atoms with van der Waals surface area (Å²) < 4.78 is 5.13. The molecule has 0 amide bonds. The van der Waals surface area contributed by atoms with Crippen molar-refractivity contribution in [1.82, 2.24) is 5.32 Å². The molecule has 0 saturated heterocycles. The monoisotopic (exact) mass is 285 g/mol. The zero-order valence-electron chi connectivity index (χ0n) is 12.5. The molecule has 2 aromatic rings. The average molecular weight is 285 g/mol. The van der Waals surface area contributed by atoms with Crippen LogP contribution < -0.4 is 10.1 Å². The second-order valence-corrected chi connectivity index (χ2v) is 5.16. The summed E-state index contributed by atoms with van der Waals surface area (Å²) in [6, 6.07) is 18.2. The molecule has 0 heterocycles. The highest BCUT2D eigenvalue weighted by atomic mass is 16.5. The zero-order chi connectivity index (χ0) is 14.9. The summed E-state index contributed by atoms with van der Waals surface area (Å²) in [5.74, 6) is 0.863. The highest BCUT2D eigenvalue weighted by Gasteiger charge is 2.04. The quantitative estimate of drug-likeness (QED) is 0.783. The molecule has 0 aliphatic carbocycles. The van der Waals surface area contributed by atoms with Crippen LogP contribution in [0.1, 0.15) is 17.5 Å². The van der Waals surface area contributed by atoms with E-state index in [1.807, 2.05) is 42.5 Å². The first-order chi connectivity index (χ1) is 10.3. The van der Waals surface area contributed by atoms with Crippen LogP contribution in [-0.2, 0) is 13.0 Å². The number of hydrogen-bond donors (Lipinski definition) is 2. The number of ether oxygens (including phenoxy) is 1. The van der Waals surface area contributed by atoms with Crippen LogP contribution in [0.25, 0.3) is 0 Å². The summed E-state index contributed by atoms with van der Waals surface area (Å²) in [4.78, 5) is 0. The first-order valence-corrected chi connectivity index (χ1v) is 7.33. The number of hydrogen-bond acceptors (Lipinski definition) is 3. The van der Waals surface area contributed by atoms with E-state index in [1.54, 1.807) is 7.11 Å². The molecule has 3 heteroatoms. The van der Waals surface area contributed by atoms with Gasteiger partial charge in [0.25, 0.3) is 0 Å². The average Bonchev–Trinajstić information content (AvgIpc) is 2.54. The Bertz CT molecular complexity index is 511. The molecular weight excluding hydrogens is 262 g/mol. The summed E-state index contributed by atoms with van der Waals surface area (Å²) in [6.45, 7) is 1.37. The lowest BCUT2D eigenvalue weighted by atomic mass is 10.1. The summed E-state index contributed by atoms with van der Waals surface area (Å²) >= 11 is 0. The minimum Gasteiger partial charge on any atom is -0.497 e. The highest BCUT2D eigenvalue weighted by Crippen LogP contribution is 2.11. The molecule has 2 rings (SSSR count). The number of aryl methyl sites for hydroxylation is 1. The minimum atomic E-state index is -0.316. The first kappa shape index (κ1) is 15.5. The van der Waals surface area contributed by atoms with Crippen LogP contribution in [0.5, 0.6) is 5.75 Å². The fourth-order valence-corrected chi connectivity index (χ4v) is 2.21. The van der Waals surface area contributed by atoms with Crippen LogP contribution in [-0.4, -0.2) is 24.9 Å². The number of benzene rings is 2. The lowest BCUT2D eigenvalue weighted by Crippen LogP contribution is -2.26. The standard InChI is InChI=1S/C18H23NO2/c1-21-18-11-8-16(9-12-18)13-19-14-17(20)10-7-15-5-3-2-4-6-15/h2-6,8-9,11-12,17,19-20H,7,10,13-14H2,1H3/t17-/m1/s1. The molecule has 2 N–H and O–H groups in total. The summed E-state index contributed by atoms with van der Waals surface area (Å²) in [6.07, 6.45) is 1.37. The van der Waals surface area contributed by atoms with Crippen LogP contribution in [0.4, 0.5) is 0 Å². The van der Waals surface area contributed by atoms with E-state index in [0.29, 0.717) is 6.54 Å². The van der Waals surface area contributed by atoms with Gasteiger partial charge in [0.05, 0.1) is 13.2 Å². The van der Waals surface area contributed by atoms with E-state index in [1.165, 1.54) is 11.1 Å². The maximum absolute atomic E-state index is 9.99. The lowest BCUT2D eigenvalue weighted by molar-refractivity contribution is 0.161. The van der Waals surface area contributed by atoms with E-state index in [9.17, 15) is 5.11 Å². The minimum absolute atomic E-state index is 0.316. The SMILES string of the molecule is COc1ccc(CNC[C@H](O)CCc2ccccc2)cc1. The summed E-state index contributed by atoms with van der Waals surface area (Å²) in [5.41, 5.74) is 2.46. The van der Waals surface area contributed by atoms with Crippen molar-refractivity contribution >= 4 is 0 Å². The van der Waals surface area contributed by atoms with Gasteiger partial charge in [0.2, 0.25) is 0 Å². The molecule has 0 aromatic heterocycles. The molecule has 1 atom stereocenters. The van der Waals surface area contributed by atoms with Crippen molar-refractivity contribution in [1.29, 1.82) is 0 Å². The molecule has 0 radical (unpaired) electrons. The number of aliphatic hydroxyl groups excluding tert-OH is 1. The number of aliphatic hydroxyl groups is 1. The van der Waals surface area contributed by atoms with Gasteiger partial charge in [-0.05, 0) is 36.1 Å². The molecular formula is C18H23NO2. The molecule has 0 bridgehead atoms. The third-order valence-corrected chi connectivity index (χ3v) is 3.48. The fourth-order valence-electron chi connectivity index (χ4n) is 2.21. The third kappa shape index (κ3) is 5.58. The number of methoxy groups -OCH3 is 1. The van der Waals surface area contributed by atoms with Crippen molar-refractivity contribution in [3.05, 3.63) is 65.7 Å². The Kier molecular flexibility index (Phi) is 6.25. The Morgan fingerprint density at radius 3 is 2.38 bits per heavy atom. The Morgan fingerprint density at radius 1 is 1.00 bits per heavy atom. The molecule has 2 aromatic carbocycles. The Morgan fingerprint density at radius 2 is 1.71 bits per heavy atom. The normalized spacial score (nSPS) is 12.1. The smallest absolute Gasteiger partial charge is 0.118 e. The molecule has 0 aliphatic rings. The van der Waals surface area contributed by atoms with Crippen molar-refractivity contribution < 1.29 is 9.84 Å². The van der Waals surface area contributed by atoms with Gasteiger partial charge in [0, 0.05) is 13.1 Å². The molecule has 0 aliphatic heterocycles. The zero-order valence-corrected chi connectivity index (χ0v) is 12.5. The van der Waals surface area contributed by atoms with Crippen LogP contribution in [0.3, 0.4) is 0 Å². The molecule has 112 valence electrons. The predicted molar refractivity (Wildman–Crippen MR) is 85.5 cm³/mol. The predicted octanol–water partition coefficient (Wildman–Crippen LogP) is 2.78.